The second-order valence-corrected chi connectivity index (χ2v) is 4.35. The predicted octanol–water partition coefficient (Wildman–Crippen LogP) is 0.932. The van der Waals surface area contributed by atoms with Crippen LogP contribution in [0, 0.1) is 5.92 Å². The molecule has 0 bridgehead atoms. The summed E-state index contributed by atoms with van der Waals surface area (Å²) in [5.41, 5.74) is 1.17. The average Bonchev–Trinajstić information content (AvgIpc) is 2.95. The van der Waals surface area contributed by atoms with Crippen LogP contribution in [-0.4, -0.2) is 35.6 Å². The van der Waals surface area contributed by atoms with E-state index in [1.165, 1.54) is 5.56 Å². The molecule has 1 saturated heterocycles. The summed E-state index contributed by atoms with van der Waals surface area (Å²) in [4.78, 5) is 11.5. The molecule has 1 aliphatic heterocycles. The van der Waals surface area contributed by atoms with Gasteiger partial charge in [0.1, 0.15) is 0 Å². The monoisotopic (exact) mass is 238 g/mol. The van der Waals surface area contributed by atoms with Gasteiger partial charge in [-0.3, -0.25) is 9.48 Å². The molecule has 2 heterocycles. The van der Waals surface area contributed by atoms with Crippen LogP contribution >= 0.6 is 0 Å². The zero-order valence-corrected chi connectivity index (χ0v) is 10.1. The Kier molecular flexibility index (Phi) is 4.14. The van der Waals surface area contributed by atoms with Crippen molar-refractivity contribution >= 4 is 5.97 Å². The van der Waals surface area contributed by atoms with Crippen molar-refractivity contribution in [1.82, 2.24) is 9.78 Å². The van der Waals surface area contributed by atoms with Crippen molar-refractivity contribution in [3.8, 4) is 0 Å². The number of hydrogen-bond donors (Lipinski definition) is 0. The van der Waals surface area contributed by atoms with Crippen LogP contribution in [-0.2, 0) is 27.7 Å². The van der Waals surface area contributed by atoms with E-state index in [1.807, 2.05) is 19.4 Å². The maximum absolute atomic E-state index is 11.5. The summed E-state index contributed by atoms with van der Waals surface area (Å²) in [6.07, 6.45) is 6.34. The van der Waals surface area contributed by atoms with Crippen LogP contribution < -0.4 is 0 Å². The fourth-order valence-corrected chi connectivity index (χ4v) is 1.89. The molecule has 94 valence electrons. The Morgan fingerprint density at radius 3 is 3.24 bits per heavy atom. The van der Waals surface area contributed by atoms with Gasteiger partial charge in [0.05, 0.1) is 25.3 Å². The van der Waals surface area contributed by atoms with Gasteiger partial charge in [-0.2, -0.15) is 5.10 Å². The topological polar surface area (TPSA) is 53.4 Å². The Labute approximate surface area is 101 Å². The molecule has 1 atom stereocenters. The molecule has 0 radical (unpaired) electrons. The molecule has 1 aromatic rings. The van der Waals surface area contributed by atoms with E-state index in [-0.39, 0.29) is 11.9 Å². The summed E-state index contributed by atoms with van der Waals surface area (Å²) in [6.45, 7) is 1.67. The van der Waals surface area contributed by atoms with Gasteiger partial charge in [-0.25, -0.2) is 0 Å². The third-order valence-corrected chi connectivity index (χ3v) is 2.88. The summed E-state index contributed by atoms with van der Waals surface area (Å²) in [6, 6.07) is 0. The van der Waals surface area contributed by atoms with Crippen molar-refractivity contribution in [3.63, 3.8) is 0 Å². The lowest BCUT2D eigenvalue weighted by atomic mass is 10.1. The molecule has 0 aliphatic carbocycles. The van der Waals surface area contributed by atoms with Crippen LogP contribution in [0.1, 0.15) is 18.4 Å². The van der Waals surface area contributed by atoms with E-state index in [4.69, 9.17) is 9.47 Å². The Morgan fingerprint density at radius 1 is 1.71 bits per heavy atom. The Bertz CT molecular complexity index is 370. The molecular weight excluding hydrogens is 220 g/mol. The van der Waals surface area contributed by atoms with E-state index in [0.29, 0.717) is 19.8 Å². The van der Waals surface area contributed by atoms with E-state index in [9.17, 15) is 4.79 Å². The zero-order valence-electron chi connectivity index (χ0n) is 10.1. The molecule has 0 amide bonds. The van der Waals surface area contributed by atoms with Crippen molar-refractivity contribution in [1.29, 1.82) is 0 Å². The smallest absolute Gasteiger partial charge is 0.311 e. The molecule has 5 heteroatoms. The molecule has 0 N–H and O–H groups in total. The van der Waals surface area contributed by atoms with E-state index >= 15 is 0 Å². The molecule has 2 rings (SSSR count). The van der Waals surface area contributed by atoms with Gasteiger partial charge in [0.25, 0.3) is 0 Å². The number of hydrogen-bond acceptors (Lipinski definition) is 4. The Hall–Kier alpha value is -1.36. The largest absolute Gasteiger partial charge is 0.465 e. The first-order valence-electron chi connectivity index (χ1n) is 5.97. The summed E-state index contributed by atoms with van der Waals surface area (Å²) in [7, 11) is 1.89. The highest BCUT2D eigenvalue weighted by Crippen LogP contribution is 2.14. The van der Waals surface area contributed by atoms with Crippen LogP contribution in [0.15, 0.2) is 12.4 Å². The first-order chi connectivity index (χ1) is 8.25. The number of esters is 1. The SMILES string of the molecule is Cn1cc(CCCOC(=O)C2CCOC2)cn1. The van der Waals surface area contributed by atoms with Crippen LogP contribution in [0.5, 0.6) is 0 Å². The molecule has 0 spiro atoms. The highest BCUT2D eigenvalue weighted by Gasteiger charge is 2.24. The number of ether oxygens (including phenoxy) is 2. The molecule has 17 heavy (non-hydrogen) atoms. The first-order valence-corrected chi connectivity index (χ1v) is 5.97. The van der Waals surface area contributed by atoms with Crippen LogP contribution in [0.2, 0.25) is 0 Å². The molecule has 1 aromatic heterocycles. The summed E-state index contributed by atoms with van der Waals surface area (Å²) in [5.74, 6) is -0.165. The Morgan fingerprint density at radius 2 is 2.59 bits per heavy atom. The zero-order chi connectivity index (χ0) is 12.1. The molecule has 0 aromatic carbocycles. The lowest BCUT2D eigenvalue weighted by molar-refractivity contribution is -0.148. The lowest BCUT2D eigenvalue weighted by Gasteiger charge is -2.07. The van der Waals surface area contributed by atoms with E-state index in [2.05, 4.69) is 5.10 Å². The highest BCUT2D eigenvalue weighted by atomic mass is 16.5. The quantitative estimate of drug-likeness (QED) is 0.565. The van der Waals surface area contributed by atoms with Crippen LogP contribution in [0.25, 0.3) is 0 Å². The number of carbonyl (C=O) groups excluding carboxylic acids is 1. The third kappa shape index (κ3) is 3.56. The van der Waals surface area contributed by atoms with Gasteiger partial charge in [-0.15, -0.1) is 0 Å². The maximum atomic E-state index is 11.5. The van der Waals surface area contributed by atoms with Crippen molar-refractivity contribution in [2.75, 3.05) is 19.8 Å². The highest BCUT2D eigenvalue weighted by molar-refractivity contribution is 5.72. The normalized spacial score (nSPS) is 19.5. The van der Waals surface area contributed by atoms with Gasteiger partial charge in [0.15, 0.2) is 0 Å². The van der Waals surface area contributed by atoms with Gasteiger partial charge in [0, 0.05) is 19.9 Å². The molecular formula is C12H18N2O3. The molecule has 1 aliphatic rings. The van der Waals surface area contributed by atoms with Gasteiger partial charge in [-0.05, 0) is 24.8 Å². The number of rotatable bonds is 5. The number of aryl methyl sites for hydroxylation is 2. The third-order valence-electron chi connectivity index (χ3n) is 2.88. The molecule has 1 fully saturated rings. The van der Waals surface area contributed by atoms with E-state index in [0.717, 1.165) is 19.3 Å². The van der Waals surface area contributed by atoms with E-state index in [1.54, 1.807) is 4.68 Å². The van der Waals surface area contributed by atoms with E-state index < -0.39 is 0 Å². The van der Waals surface area contributed by atoms with Crippen molar-refractivity contribution in [2.45, 2.75) is 19.3 Å². The van der Waals surface area contributed by atoms with Crippen LogP contribution in [0.4, 0.5) is 0 Å². The number of nitrogens with zero attached hydrogens (tertiary/aromatic N) is 2. The standard InChI is InChI=1S/C12H18N2O3/c1-14-8-10(7-13-14)3-2-5-17-12(15)11-4-6-16-9-11/h7-8,11H,2-6,9H2,1H3. The van der Waals surface area contributed by atoms with Gasteiger partial charge in [0.2, 0.25) is 0 Å². The minimum Gasteiger partial charge on any atom is -0.465 e. The average molecular weight is 238 g/mol. The Balaban J connectivity index is 1.61. The summed E-state index contributed by atoms with van der Waals surface area (Å²) in [5, 5.41) is 4.09. The van der Waals surface area contributed by atoms with Gasteiger partial charge >= 0.3 is 5.97 Å². The lowest BCUT2D eigenvalue weighted by Crippen LogP contribution is -2.18. The van der Waals surface area contributed by atoms with Crippen molar-refractivity contribution in [2.24, 2.45) is 13.0 Å². The molecule has 0 saturated carbocycles. The minimum absolute atomic E-state index is 0.0478. The number of carbonyl (C=O) groups is 1. The van der Waals surface area contributed by atoms with Crippen molar-refractivity contribution < 1.29 is 14.3 Å². The molecule has 1 unspecified atom stereocenters. The predicted molar refractivity (Wildman–Crippen MR) is 61.4 cm³/mol. The fraction of sp³-hybridized carbons (Fsp3) is 0.667. The summed E-state index contributed by atoms with van der Waals surface area (Å²) >= 11 is 0. The number of aromatic nitrogens is 2. The van der Waals surface area contributed by atoms with Gasteiger partial charge in [-0.1, -0.05) is 0 Å². The van der Waals surface area contributed by atoms with Crippen molar-refractivity contribution in [3.05, 3.63) is 18.0 Å². The molecule has 5 nitrogen and oxygen atoms in total. The summed E-state index contributed by atoms with van der Waals surface area (Å²) < 4.78 is 12.1. The van der Waals surface area contributed by atoms with Crippen LogP contribution in [0.3, 0.4) is 0 Å². The maximum Gasteiger partial charge on any atom is 0.311 e. The minimum atomic E-state index is -0.117. The second-order valence-electron chi connectivity index (χ2n) is 4.35. The second kappa shape index (κ2) is 5.82. The van der Waals surface area contributed by atoms with Gasteiger partial charge < -0.3 is 9.47 Å². The fourth-order valence-electron chi connectivity index (χ4n) is 1.89. The first kappa shape index (κ1) is 12.1.